The minimum absolute atomic E-state index is 0. The van der Waals surface area contributed by atoms with Crippen molar-refractivity contribution in [2.24, 2.45) is 0 Å². The third kappa shape index (κ3) is 4.44. The molecule has 0 spiro atoms. The van der Waals surface area contributed by atoms with Crippen LogP contribution in [-0.4, -0.2) is 63.8 Å². The zero-order valence-electron chi connectivity index (χ0n) is 13.7. The van der Waals surface area contributed by atoms with E-state index in [1.807, 2.05) is 7.05 Å². The molecule has 0 bridgehead atoms. The highest BCUT2D eigenvalue weighted by molar-refractivity contribution is 7.89. The second kappa shape index (κ2) is 8.10. The van der Waals surface area contributed by atoms with Gasteiger partial charge in [-0.15, -0.1) is 12.4 Å². The van der Waals surface area contributed by atoms with Crippen LogP contribution in [0.15, 0.2) is 29.2 Å². The maximum Gasteiger partial charge on any atom is 0.253 e. The number of rotatable bonds is 4. The molecule has 130 valence electrons. The van der Waals surface area contributed by atoms with E-state index in [4.69, 9.17) is 0 Å². The Morgan fingerprint density at radius 2 is 2.04 bits per heavy atom. The number of carbonyl (C=O) groups excluding carboxylic acids is 1. The maximum absolute atomic E-state index is 12.6. The van der Waals surface area contributed by atoms with Crippen molar-refractivity contribution in [3.8, 4) is 0 Å². The molecule has 1 N–H and O–H groups in total. The van der Waals surface area contributed by atoms with Gasteiger partial charge in [-0.1, -0.05) is 6.07 Å². The number of hydrogen-bond donors (Lipinski definition) is 1. The van der Waals surface area contributed by atoms with Crippen molar-refractivity contribution >= 4 is 28.3 Å². The van der Waals surface area contributed by atoms with Crippen molar-refractivity contribution in [2.45, 2.75) is 23.8 Å². The van der Waals surface area contributed by atoms with Crippen molar-refractivity contribution in [1.82, 2.24) is 14.5 Å². The van der Waals surface area contributed by atoms with Gasteiger partial charge >= 0.3 is 0 Å². The third-order valence-corrected chi connectivity index (χ3v) is 5.79. The summed E-state index contributed by atoms with van der Waals surface area (Å²) in [6.07, 6.45) is 2.00. The fourth-order valence-electron chi connectivity index (χ4n) is 2.58. The second-order valence-electron chi connectivity index (χ2n) is 5.69. The lowest BCUT2D eigenvalue weighted by molar-refractivity contribution is 0.0698. The van der Waals surface area contributed by atoms with Gasteiger partial charge in [0, 0.05) is 38.8 Å². The summed E-state index contributed by atoms with van der Waals surface area (Å²) in [5, 5.41) is 3.19. The lowest BCUT2D eigenvalue weighted by Gasteiger charge is -2.32. The van der Waals surface area contributed by atoms with Crippen LogP contribution in [0, 0.1) is 0 Å². The predicted molar refractivity (Wildman–Crippen MR) is 92.5 cm³/mol. The fourth-order valence-corrected chi connectivity index (χ4v) is 3.53. The topological polar surface area (TPSA) is 69.7 Å². The van der Waals surface area contributed by atoms with Crippen LogP contribution in [0.4, 0.5) is 0 Å². The van der Waals surface area contributed by atoms with Crippen molar-refractivity contribution in [3.05, 3.63) is 29.8 Å². The van der Waals surface area contributed by atoms with E-state index in [9.17, 15) is 13.2 Å². The SMILES string of the molecule is CNC1CCCN(C(=O)c2cccc(S(=O)(=O)N(C)C)c2)C1.Cl. The molecule has 1 fully saturated rings. The first-order valence-corrected chi connectivity index (χ1v) is 8.79. The highest BCUT2D eigenvalue weighted by Gasteiger charge is 2.25. The Bertz CT molecular complexity index is 649. The zero-order valence-corrected chi connectivity index (χ0v) is 15.3. The number of carbonyl (C=O) groups is 1. The summed E-state index contributed by atoms with van der Waals surface area (Å²) in [7, 11) is 1.32. The summed E-state index contributed by atoms with van der Waals surface area (Å²) in [5.41, 5.74) is 0.416. The second-order valence-corrected chi connectivity index (χ2v) is 7.85. The highest BCUT2D eigenvalue weighted by atomic mass is 35.5. The van der Waals surface area contributed by atoms with Crippen LogP contribution in [0.1, 0.15) is 23.2 Å². The number of nitrogens with zero attached hydrogens (tertiary/aromatic N) is 2. The molecular weight excluding hydrogens is 338 g/mol. The molecule has 0 aliphatic carbocycles. The van der Waals surface area contributed by atoms with Gasteiger partial charge in [-0.25, -0.2) is 12.7 Å². The van der Waals surface area contributed by atoms with Gasteiger partial charge in [-0.3, -0.25) is 4.79 Å². The van der Waals surface area contributed by atoms with Crippen LogP contribution in [0.2, 0.25) is 0 Å². The number of likely N-dealkylation sites (tertiary alicyclic amines) is 1. The molecule has 1 aromatic carbocycles. The molecule has 1 aliphatic rings. The summed E-state index contributed by atoms with van der Waals surface area (Å²) < 4.78 is 25.5. The monoisotopic (exact) mass is 361 g/mol. The molecule has 1 heterocycles. The predicted octanol–water partition coefficient (Wildman–Crippen LogP) is 1.18. The number of nitrogens with one attached hydrogen (secondary N) is 1. The smallest absolute Gasteiger partial charge is 0.253 e. The number of piperidine rings is 1. The summed E-state index contributed by atoms with van der Waals surface area (Å²) in [6, 6.07) is 6.55. The van der Waals surface area contributed by atoms with Gasteiger partial charge in [0.2, 0.25) is 10.0 Å². The fraction of sp³-hybridized carbons (Fsp3) is 0.533. The van der Waals surface area contributed by atoms with Crippen LogP contribution in [-0.2, 0) is 10.0 Å². The number of halogens is 1. The van der Waals surface area contributed by atoms with Crippen molar-refractivity contribution in [3.63, 3.8) is 0 Å². The molecule has 1 aromatic rings. The van der Waals surface area contributed by atoms with Gasteiger partial charge in [0.1, 0.15) is 0 Å². The lowest BCUT2D eigenvalue weighted by Crippen LogP contribution is -2.47. The summed E-state index contributed by atoms with van der Waals surface area (Å²) in [5.74, 6) is -0.115. The normalized spacial score (nSPS) is 18.6. The molecule has 2 rings (SSSR count). The third-order valence-electron chi connectivity index (χ3n) is 3.98. The zero-order chi connectivity index (χ0) is 16.3. The van der Waals surface area contributed by atoms with Crippen LogP contribution in [0.5, 0.6) is 0 Å². The molecule has 0 saturated carbocycles. The van der Waals surface area contributed by atoms with Crippen LogP contribution in [0.3, 0.4) is 0 Å². The molecule has 1 amide bonds. The Balaban J connectivity index is 0.00000264. The molecule has 23 heavy (non-hydrogen) atoms. The molecule has 6 nitrogen and oxygen atoms in total. The number of amides is 1. The highest BCUT2D eigenvalue weighted by Crippen LogP contribution is 2.18. The van der Waals surface area contributed by atoms with Crippen molar-refractivity contribution in [1.29, 1.82) is 0 Å². The van der Waals surface area contributed by atoms with Crippen LogP contribution < -0.4 is 5.32 Å². The standard InChI is InChI=1S/C15H23N3O3S.ClH/c1-16-13-7-5-9-18(11-13)15(19)12-6-4-8-14(10-12)22(20,21)17(2)3;/h4,6,8,10,13,16H,5,7,9,11H2,1-3H3;1H. The average molecular weight is 362 g/mol. The van der Waals surface area contributed by atoms with Crippen LogP contribution >= 0.6 is 12.4 Å². The molecule has 1 unspecified atom stereocenters. The molecule has 1 atom stereocenters. The first-order chi connectivity index (χ1) is 10.4. The van der Waals surface area contributed by atoms with E-state index in [2.05, 4.69) is 5.32 Å². The Morgan fingerprint density at radius 3 is 2.65 bits per heavy atom. The summed E-state index contributed by atoms with van der Waals surface area (Å²) >= 11 is 0. The Hall–Kier alpha value is -1.15. The first kappa shape index (κ1) is 19.9. The maximum atomic E-state index is 12.6. The minimum atomic E-state index is -3.53. The van der Waals surface area contributed by atoms with E-state index in [-0.39, 0.29) is 23.2 Å². The number of likely N-dealkylation sites (N-methyl/N-ethyl adjacent to an activating group) is 1. The van der Waals surface area contributed by atoms with E-state index in [1.54, 1.807) is 17.0 Å². The Morgan fingerprint density at radius 1 is 1.35 bits per heavy atom. The quantitative estimate of drug-likeness (QED) is 0.874. The Labute approximate surface area is 144 Å². The van der Waals surface area contributed by atoms with E-state index in [0.717, 1.165) is 17.1 Å². The molecule has 8 heteroatoms. The van der Waals surface area contributed by atoms with Gasteiger partial charge in [-0.05, 0) is 38.1 Å². The number of sulfonamides is 1. The van der Waals surface area contributed by atoms with E-state index >= 15 is 0 Å². The van der Waals surface area contributed by atoms with Crippen molar-refractivity contribution < 1.29 is 13.2 Å². The number of benzene rings is 1. The van der Waals surface area contributed by atoms with E-state index in [0.29, 0.717) is 24.7 Å². The average Bonchev–Trinajstić information content (AvgIpc) is 2.54. The van der Waals surface area contributed by atoms with Gasteiger partial charge < -0.3 is 10.2 Å². The minimum Gasteiger partial charge on any atom is -0.337 e. The largest absolute Gasteiger partial charge is 0.337 e. The van der Waals surface area contributed by atoms with Gasteiger partial charge in [-0.2, -0.15) is 0 Å². The number of hydrogen-bond acceptors (Lipinski definition) is 4. The molecular formula is C15H24ClN3O3S. The molecule has 0 radical (unpaired) electrons. The van der Waals surface area contributed by atoms with Crippen molar-refractivity contribution in [2.75, 3.05) is 34.2 Å². The molecule has 0 aromatic heterocycles. The Kier molecular flexibility index (Phi) is 7.01. The first-order valence-electron chi connectivity index (χ1n) is 7.35. The van der Waals surface area contributed by atoms with Gasteiger partial charge in [0.15, 0.2) is 0 Å². The molecule has 1 saturated heterocycles. The van der Waals surface area contributed by atoms with E-state index in [1.165, 1.54) is 26.2 Å². The van der Waals surface area contributed by atoms with Gasteiger partial charge in [0.25, 0.3) is 5.91 Å². The summed E-state index contributed by atoms with van der Waals surface area (Å²) in [6.45, 7) is 1.36. The molecule has 1 aliphatic heterocycles. The summed E-state index contributed by atoms with van der Waals surface area (Å²) in [4.78, 5) is 14.5. The van der Waals surface area contributed by atoms with Gasteiger partial charge in [0.05, 0.1) is 4.90 Å². The lowest BCUT2D eigenvalue weighted by atomic mass is 10.0. The van der Waals surface area contributed by atoms with E-state index < -0.39 is 10.0 Å². The van der Waals surface area contributed by atoms with Crippen LogP contribution in [0.25, 0.3) is 0 Å².